The van der Waals surface area contributed by atoms with Gasteiger partial charge in [0.25, 0.3) is 11.5 Å². The molecule has 1 heterocycles. The van der Waals surface area contributed by atoms with E-state index in [1.807, 2.05) is 0 Å². The summed E-state index contributed by atoms with van der Waals surface area (Å²) < 4.78 is 102. The summed E-state index contributed by atoms with van der Waals surface area (Å²) in [6.07, 6.45) is -11.9. The Morgan fingerprint density at radius 2 is 1.58 bits per heavy atom. The van der Waals surface area contributed by atoms with Crippen molar-refractivity contribution in [3.05, 3.63) is 59.2 Å². The second-order valence-electron chi connectivity index (χ2n) is 8.04. The third kappa shape index (κ3) is 4.90. The van der Waals surface area contributed by atoms with Crippen LogP contribution in [0.25, 0.3) is 0 Å². The first kappa shape index (κ1) is 27.4. The van der Waals surface area contributed by atoms with Gasteiger partial charge in [-0.2, -0.15) is 26.3 Å². The van der Waals surface area contributed by atoms with Crippen molar-refractivity contribution in [2.75, 3.05) is 11.9 Å². The van der Waals surface area contributed by atoms with E-state index >= 15 is 0 Å². The molecule has 36 heavy (non-hydrogen) atoms. The molecule has 0 aromatic heterocycles. The zero-order valence-electron chi connectivity index (χ0n) is 18.3. The van der Waals surface area contributed by atoms with Crippen LogP contribution in [-0.2, 0) is 31.6 Å². The number of hydrogen-bond donors (Lipinski definition) is 3. The smallest absolute Gasteiger partial charge is 0.369 e. The predicted octanol–water partition coefficient (Wildman–Crippen LogP) is 2.73. The number of fused-ring (bicyclic) bond motifs is 1. The fraction of sp³-hybridized carbons (Fsp3) is 0.333. The minimum atomic E-state index is -6.07. The number of alkyl halides is 6. The minimum Gasteiger partial charge on any atom is -0.369 e. The maximum atomic E-state index is 13.1. The van der Waals surface area contributed by atoms with Crippen LogP contribution in [-0.4, -0.2) is 49.1 Å². The van der Waals surface area contributed by atoms with E-state index in [1.165, 1.54) is 24.0 Å². The van der Waals surface area contributed by atoms with Gasteiger partial charge < -0.3 is 15.3 Å². The first-order valence-corrected chi connectivity index (χ1v) is 11.6. The normalized spacial score (nSPS) is 16.9. The van der Waals surface area contributed by atoms with Crippen molar-refractivity contribution in [1.29, 1.82) is 0 Å². The fourth-order valence-electron chi connectivity index (χ4n) is 3.90. The molecular weight excluding hydrogens is 520 g/mol. The standard InChI is InChI=1S/C21H19F6N3O5S/c1-11(31)30-9-8-12-10-15(36(28,34)35)6-7-16(12)17(30)18(32)29-14-4-2-13(3-5-14)19(33,20(22,23)24)21(25,26)27/h2-7,10,17,33H,8-9H2,1H3,(H,29,32)(H2,28,34,35). The molecule has 0 saturated heterocycles. The number of anilines is 1. The first-order chi connectivity index (χ1) is 16.4. The summed E-state index contributed by atoms with van der Waals surface area (Å²) in [6.45, 7) is 1.21. The highest BCUT2D eigenvalue weighted by Gasteiger charge is 2.71. The molecule has 0 radical (unpaired) electrons. The van der Waals surface area contributed by atoms with Crippen LogP contribution in [0.4, 0.5) is 32.0 Å². The van der Waals surface area contributed by atoms with Gasteiger partial charge in [-0.3, -0.25) is 9.59 Å². The third-order valence-electron chi connectivity index (χ3n) is 5.71. The number of rotatable bonds is 4. The molecule has 3 rings (SSSR count). The molecule has 0 fully saturated rings. The molecule has 8 nitrogen and oxygen atoms in total. The van der Waals surface area contributed by atoms with E-state index in [-0.39, 0.29) is 29.1 Å². The number of amides is 2. The lowest BCUT2D eigenvalue weighted by Crippen LogP contribution is -2.53. The molecule has 1 aliphatic rings. The summed E-state index contributed by atoms with van der Waals surface area (Å²) in [5.41, 5.74) is -6.18. The van der Waals surface area contributed by atoms with Crippen LogP contribution < -0.4 is 10.5 Å². The van der Waals surface area contributed by atoms with E-state index in [1.54, 1.807) is 0 Å². The highest BCUT2D eigenvalue weighted by atomic mass is 32.2. The largest absolute Gasteiger partial charge is 0.430 e. The summed E-state index contributed by atoms with van der Waals surface area (Å²) in [6, 6.07) is 4.63. The zero-order valence-corrected chi connectivity index (χ0v) is 19.1. The average Bonchev–Trinajstić information content (AvgIpc) is 2.75. The molecule has 0 saturated carbocycles. The average molecular weight is 539 g/mol. The Balaban J connectivity index is 1.95. The van der Waals surface area contributed by atoms with E-state index in [0.29, 0.717) is 17.7 Å². The Labute approximate surface area is 200 Å². The first-order valence-electron chi connectivity index (χ1n) is 10.1. The molecule has 2 aromatic carbocycles. The van der Waals surface area contributed by atoms with Crippen molar-refractivity contribution in [3.63, 3.8) is 0 Å². The second-order valence-corrected chi connectivity index (χ2v) is 9.60. The van der Waals surface area contributed by atoms with Crippen LogP contribution in [0.3, 0.4) is 0 Å². The Kier molecular flexibility index (Phi) is 6.89. The van der Waals surface area contributed by atoms with Gasteiger partial charge in [0.05, 0.1) is 4.90 Å². The van der Waals surface area contributed by atoms with Crippen molar-refractivity contribution < 1.29 is 49.5 Å². The summed E-state index contributed by atoms with van der Waals surface area (Å²) in [7, 11) is -4.05. The van der Waals surface area contributed by atoms with Crippen LogP contribution in [0.1, 0.15) is 29.7 Å². The Morgan fingerprint density at radius 3 is 2.06 bits per heavy atom. The zero-order chi connectivity index (χ0) is 27.3. The molecule has 15 heteroatoms. The maximum absolute atomic E-state index is 13.1. The third-order valence-corrected chi connectivity index (χ3v) is 6.63. The molecular formula is C21H19F6N3O5S. The lowest BCUT2D eigenvalue weighted by atomic mass is 9.91. The quantitative estimate of drug-likeness (QED) is 0.515. The number of aliphatic hydroxyl groups is 1. The van der Waals surface area contributed by atoms with Crippen LogP contribution in [0, 0.1) is 0 Å². The van der Waals surface area contributed by atoms with E-state index < -0.39 is 51.4 Å². The van der Waals surface area contributed by atoms with Gasteiger partial charge in [0.2, 0.25) is 15.9 Å². The van der Waals surface area contributed by atoms with Crippen molar-refractivity contribution in [1.82, 2.24) is 4.90 Å². The van der Waals surface area contributed by atoms with Gasteiger partial charge in [-0.05, 0) is 41.8 Å². The number of halogens is 6. The molecule has 1 aliphatic heterocycles. The Bertz CT molecular complexity index is 1280. The maximum Gasteiger partial charge on any atom is 0.430 e. The number of benzene rings is 2. The van der Waals surface area contributed by atoms with Gasteiger partial charge in [-0.15, -0.1) is 0 Å². The van der Waals surface area contributed by atoms with Crippen molar-refractivity contribution in [2.45, 2.75) is 42.2 Å². The van der Waals surface area contributed by atoms with Crippen molar-refractivity contribution in [2.24, 2.45) is 5.14 Å². The van der Waals surface area contributed by atoms with Crippen molar-refractivity contribution >= 4 is 27.5 Å². The topological polar surface area (TPSA) is 130 Å². The van der Waals surface area contributed by atoms with Gasteiger partial charge in [0.1, 0.15) is 6.04 Å². The summed E-state index contributed by atoms with van der Waals surface area (Å²) >= 11 is 0. The number of nitrogens with one attached hydrogen (secondary N) is 1. The van der Waals surface area contributed by atoms with E-state index in [0.717, 1.165) is 18.2 Å². The Morgan fingerprint density at radius 1 is 1.03 bits per heavy atom. The highest BCUT2D eigenvalue weighted by molar-refractivity contribution is 7.89. The Hall–Kier alpha value is -3.17. The lowest BCUT2D eigenvalue weighted by molar-refractivity contribution is -0.376. The molecule has 2 amide bonds. The van der Waals surface area contributed by atoms with Gasteiger partial charge >= 0.3 is 12.4 Å². The monoisotopic (exact) mass is 539 g/mol. The fourth-order valence-corrected chi connectivity index (χ4v) is 4.46. The molecule has 0 bridgehead atoms. The SMILES string of the molecule is CC(=O)N1CCc2cc(S(N)(=O)=O)ccc2C1C(=O)Nc1ccc(C(O)(C(F)(F)F)C(F)(F)F)cc1. The predicted molar refractivity (Wildman–Crippen MR) is 113 cm³/mol. The van der Waals surface area contributed by atoms with Crippen LogP contribution >= 0.6 is 0 Å². The van der Waals surface area contributed by atoms with Gasteiger partial charge in [-0.1, -0.05) is 18.2 Å². The van der Waals surface area contributed by atoms with Crippen LogP contribution in [0.15, 0.2) is 47.4 Å². The van der Waals surface area contributed by atoms with E-state index in [9.17, 15) is 49.5 Å². The molecule has 196 valence electrons. The lowest BCUT2D eigenvalue weighted by Gasteiger charge is -2.36. The summed E-state index contributed by atoms with van der Waals surface area (Å²) in [5, 5.41) is 16.9. The molecule has 2 aromatic rings. The van der Waals surface area contributed by atoms with Crippen molar-refractivity contribution in [3.8, 4) is 0 Å². The van der Waals surface area contributed by atoms with E-state index in [2.05, 4.69) is 5.32 Å². The summed E-state index contributed by atoms with van der Waals surface area (Å²) in [5.74, 6) is -1.36. The molecule has 4 N–H and O–H groups in total. The molecule has 1 atom stereocenters. The number of carbonyl (C=O) groups is 2. The molecule has 0 aliphatic carbocycles. The number of hydrogen-bond acceptors (Lipinski definition) is 5. The highest BCUT2D eigenvalue weighted by Crippen LogP contribution is 2.50. The number of primary sulfonamides is 1. The van der Waals surface area contributed by atoms with Crippen LogP contribution in [0.2, 0.25) is 0 Å². The number of carbonyl (C=O) groups excluding carboxylic acids is 2. The minimum absolute atomic E-state index is 0.0254. The van der Waals surface area contributed by atoms with Gasteiger partial charge in [0.15, 0.2) is 0 Å². The number of sulfonamides is 1. The number of nitrogens with two attached hydrogens (primary N) is 1. The van der Waals surface area contributed by atoms with Gasteiger partial charge in [-0.25, -0.2) is 13.6 Å². The molecule has 0 spiro atoms. The summed E-state index contributed by atoms with van der Waals surface area (Å²) in [4.78, 5) is 26.2. The second kappa shape index (κ2) is 9.05. The van der Waals surface area contributed by atoms with Gasteiger partial charge in [0, 0.05) is 24.7 Å². The van der Waals surface area contributed by atoms with E-state index in [4.69, 9.17) is 5.14 Å². The number of nitrogens with zero attached hydrogens (tertiary/aromatic N) is 1. The van der Waals surface area contributed by atoms with Crippen LogP contribution in [0.5, 0.6) is 0 Å². The molecule has 1 unspecified atom stereocenters.